The van der Waals surface area contributed by atoms with Gasteiger partial charge in [-0.3, -0.25) is 0 Å². The summed E-state index contributed by atoms with van der Waals surface area (Å²) in [5.41, 5.74) is 13.2. The predicted octanol–water partition coefficient (Wildman–Crippen LogP) is 1.80. The van der Waals surface area contributed by atoms with E-state index < -0.39 is 0 Å². The largest absolute Gasteiger partial charge is 0.382 e. The Hall–Kier alpha value is -1.08. The van der Waals surface area contributed by atoms with E-state index >= 15 is 0 Å². The second-order valence-electron chi connectivity index (χ2n) is 4.64. The highest BCUT2D eigenvalue weighted by molar-refractivity contribution is 5.86. The zero-order valence-electron chi connectivity index (χ0n) is 11.3. The summed E-state index contributed by atoms with van der Waals surface area (Å²) in [6.45, 7) is 1.83. The van der Waals surface area contributed by atoms with Crippen LogP contribution in [0.15, 0.2) is 18.5 Å². The highest BCUT2D eigenvalue weighted by Gasteiger charge is 2.18. The molecule has 0 bridgehead atoms. The van der Waals surface area contributed by atoms with E-state index in [1.54, 1.807) is 0 Å². The van der Waals surface area contributed by atoms with Gasteiger partial charge in [0.15, 0.2) is 5.82 Å². The zero-order valence-corrected chi connectivity index (χ0v) is 13.8. The van der Waals surface area contributed by atoms with Gasteiger partial charge in [0.2, 0.25) is 0 Å². The Balaban J connectivity index is 0.00000133. The van der Waals surface area contributed by atoms with E-state index in [2.05, 4.69) is 19.9 Å². The Morgan fingerprint density at radius 1 is 1.14 bits per heavy atom. The maximum absolute atomic E-state index is 5.99. The Morgan fingerprint density at radius 3 is 2.62 bits per heavy atom. The van der Waals surface area contributed by atoms with Gasteiger partial charge in [-0.15, -0.1) is 37.2 Å². The summed E-state index contributed by atoms with van der Waals surface area (Å²) in [6.07, 6.45) is 3.63. The number of nitrogen functional groups attached to an aromatic ring is 1. The van der Waals surface area contributed by atoms with Crippen LogP contribution in [0.1, 0.15) is 12.8 Å². The Labute approximate surface area is 141 Å². The van der Waals surface area contributed by atoms with E-state index in [1.165, 1.54) is 6.33 Å². The number of nitrogens with zero attached hydrogens (tertiary/aromatic N) is 4. The van der Waals surface area contributed by atoms with Gasteiger partial charge in [-0.2, -0.15) is 0 Å². The first-order chi connectivity index (χ1) is 8.74. The van der Waals surface area contributed by atoms with E-state index in [1.807, 2.05) is 12.1 Å². The lowest BCUT2D eigenvalue weighted by Crippen LogP contribution is -2.43. The van der Waals surface area contributed by atoms with E-state index in [-0.39, 0.29) is 43.3 Å². The molecule has 2 aromatic rings. The van der Waals surface area contributed by atoms with Gasteiger partial charge >= 0.3 is 0 Å². The van der Waals surface area contributed by atoms with Crippen molar-refractivity contribution in [2.24, 2.45) is 5.73 Å². The van der Waals surface area contributed by atoms with Crippen LogP contribution >= 0.6 is 37.2 Å². The first kappa shape index (κ1) is 19.9. The van der Waals surface area contributed by atoms with Crippen LogP contribution in [0.4, 0.5) is 11.6 Å². The molecule has 0 aromatic carbocycles. The molecule has 3 heterocycles. The summed E-state index contributed by atoms with van der Waals surface area (Å²) in [7, 11) is 0. The van der Waals surface area contributed by atoms with Gasteiger partial charge in [0, 0.05) is 19.1 Å². The number of fused-ring (bicyclic) bond motifs is 1. The van der Waals surface area contributed by atoms with Crippen molar-refractivity contribution in [1.82, 2.24) is 15.0 Å². The van der Waals surface area contributed by atoms with Crippen molar-refractivity contribution < 1.29 is 0 Å². The topological polar surface area (TPSA) is 94.0 Å². The van der Waals surface area contributed by atoms with E-state index in [0.29, 0.717) is 11.3 Å². The van der Waals surface area contributed by atoms with Gasteiger partial charge in [-0.1, -0.05) is 0 Å². The summed E-state index contributed by atoms with van der Waals surface area (Å²) in [5, 5.41) is 0. The summed E-state index contributed by atoms with van der Waals surface area (Å²) in [4.78, 5) is 14.9. The molecular formula is C12H19Cl3N6. The van der Waals surface area contributed by atoms with Crippen molar-refractivity contribution in [2.45, 2.75) is 18.9 Å². The van der Waals surface area contributed by atoms with Gasteiger partial charge in [0.05, 0.1) is 5.52 Å². The summed E-state index contributed by atoms with van der Waals surface area (Å²) < 4.78 is 0. The van der Waals surface area contributed by atoms with Gasteiger partial charge in [-0.25, -0.2) is 15.0 Å². The van der Waals surface area contributed by atoms with Crippen LogP contribution in [-0.2, 0) is 0 Å². The molecule has 21 heavy (non-hydrogen) atoms. The molecule has 6 nitrogen and oxygen atoms in total. The van der Waals surface area contributed by atoms with E-state index in [4.69, 9.17) is 11.5 Å². The molecule has 4 N–H and O–H groups in total. The van der Waals surface area contributed by atoms with Crippen LogP contribution in [0.2, 0.25) is 0 Å². The fourth-order valence-corrected chi connectivity index (χ4v) is 2.34. The van der Waals surface area contributed by atoms with Gasteiger partial charge in [0.1, 0.15) is 17.7 Å². The Kier molecular flexibility index (Phi) is 7.95. The lowest BCUT2D eigenvalue weighted by molar-refractivity contribution is 0.503. The lowest BCUT2D eigenvalue weighted by atomic mass is 10.1. The monoisotopic (exact) mass is 352 g/mol. The van der Waals surface area contributed by atoms with Gasteiger partial charge in [-0.05, 0) is 25.0 Å². The molecule has 0 saturated carbocycles. The predicted molar refractivity (Wildman–Crippen MR) is 92.9 cm³/mol. The number of anilines is 2. The number of nitrogens with two attached hydrogens (primary N) is 2. The van der Waals surface area contributed by atoms with E-state index in [0.717, 1.165) is 37.3 Å². The summed E-state index contributed by atoms with van der Waals surface area (Å²) >= 11 is 0. The Morgan fingerprint density at radius 2 is 1.90 bits per heavy atom. The number of pyridine rings is 1. The minimum absolute atomic E-state index is 0. The molecule has 1 saturated heterocycles. The van der Waals surface area contributed by atoms with Crippen molar-refractivity contribution in [3.8, 4) is 0 Å². The quantitative estimate of drug-likeness (QED) is 0.812. The minimum atomic E-state index is 0. The second-order valence-corrected chi connectivity index (χ2v) is 4.64. The molecule has 0 aliphatic carbocycles. The maximum Gasteiger partial charge on any atom is 0.153 e. The number of halogens is 3. The molecule has 3 rings (SSSR count). The molecule has 118 valence electrons. The summed E-state index contributed by atoms with van der Waals surface area (Å²) in [6, 6.07) is 4.11. The standard InChI is InChI=1S/C12H16N6.3ClH/c13-8-2-1-5-18(6-8)10-4-3-9-11(17-10)12(14)16-7-15-9;;;/h3-4,7-8H,1-2,5-6,13H2,(H2,14,15,16);3*1H/t8-;;;/m0.../s1. The van der Waals surface area contributed by atoms with Gasteiger partial charge < -0.3 is 16.4 Å². The first-order valence-corrected chi connectivity index (χ1v) is 6.12. The van der Waals surface area contributed by atoms with Crippen molar-refractivity contribution in [1.29, 1.82) is 0 Å². The van der Waals surface area contributed by atoms with Crippen molar-refractivity contribution in [2.75, 3.05) is 23.7 Å². The molecule has 9 heteroatoms. The Bertz CT molecular complexity index is 582. The number of aromatic nitrogens is 3. The van der Waals surface area contributed by atoms with Gasteiger partial charge in [0.25, 0.3) is 0 Å². The normalized spacial score (nSPS) is 17.4. The molecule has 1 atom stereocenters. The van der Waals surface area contributed by atoms with Crippen LogP contribution in [0.5, 0.6) is 0 Å². The molecule has 0 radical (unpaired) electrons. The van der Waals surface area contributed by atoms with Crippen molar-refractivity contribution >= 4 is 59.9 Å². The highest BCUT2D eigenvalue weighted by Crippen LogP contribution is 2.21. The lowest BCUT2D eigenvalue weighted by Gasteiger charge is -2.31. The molecule has 2 aromatic heterocycles. The van der Waals surface area contributed by atoms with Crippen LogP contribution in [0, 0.1) is 0 Å². The molecule has 0 amide bonds. The second kappa shape index (κ2) is 8.38. The molecular weight excluding hydrogens is 335 g/mol. The van der Waals surface area contributed by atoms with Crippen LogP contribution in [0.3, 0.4) is 0 Å². The third kappa shape index (κ3) is 4.20. The van der Waals surface area contributed by atoms with Crippen LogP contribution in [0.25, 0.3) is 11.0 Å². The molecule has 1 aliphatic rings. The molecule has 0 unspecified atom stereocenters. The average molecular weight is 354 g/mol. The fourth-order valence-electron chi connectivity index (χ4n) is 2.34. The number of rotatable bonds is 1. The minimum Gasteiger partial charge on any atom is -0.382 e. The molecule has 1 aliphatic heterocycles. The highest BCUT2D eigenvalue weighted by atomic mass is 35.5. The third-order valence-corrected chi connectivity index (χ3v) is 3.28. The SMILES string of the molecule is Cl.Cl.Cl.Nc1ncnc2ccc(N3CCC[C@H](N)C3)nc12. The molecule has 0 spiro atoms. The molecule has 1 fully saturated rings. The number of hydrogen-bond donors (Lipinski definition) is 2. The maximum atomic E-state index is 5.99. The fraction of sp³-hybridized carbons (Fsp3) is 0.417. The number of piperidine rings is 1. The van der Waals surface area contributed by atoms with Crippen LogP contribution < -0.4 is 16.4 Å². The number of hydrogen-bond acceptors (Lipinski definition) is 6. The average Bonchev–Trinajstić information content (AvgIpc) is 2.39. The van der Waals surface area contributed by atoms with E-state index in [9.17, 15) is 0 Å². The first-order valence-electron chi connectivity index (χ1n) is 6.12. The smallest absolute Gasteiger partial charge is 0.153 e. The summed E-state index contributed by atoms with van der Waals surface area (Å²) in [5.74, 6) is 1.32. The third-order valence-electron chi connectivity index (χ3n) is 3.28. The van der Waals surface area contributed by atoms with Crippen molar-refractivity contribution in [3.05, 3.63) is 18.5 Å². The van der Waals surface area contributed by atoms with Crippen molar-refractivity contribution in [3.63, 3.8) is 0 Å². The zero-order chi connectivity index (χ0) is 12.5. The van der Waals surface area contributed by atoms with Crippen LogP contribution in [-0.4, -0.2) is 34.1 Å².